The largest absolute Gasteiger partial charge is 0.384 e. The molecule has 0 spiro atoms. The third-order valence-corrected chi connectivity index (χ3v) is 4.48. The molecule has 2 N–H and O–H groups in total. The standard InChI is InChI=1S/C15H23N3O3/c1-20-10-15(4-6-16-7-5-15)9-17-14(19)12-8-13(21-18-12)11-2-3-11/h8,11,16H,2-7,9-10H2,1H3,(H,17,19). The lowest BCUT2D eigenvalue weighted by Gasteiger charge is -2.37. The van der Waals surface area contributed by atoms with Crippen molar-refractivity contribution in [2.24, 2.45) is 5.41 Å². The molecule has 0 unspecified atom stereocenters. The van der Waals surface area contributed by atoms with Gasteiger partial charge in [0.15, 0.2) is 5.69 Å². The van der Waals surface area contributed by atoms with Crippen molar-refractivity contribution in [2.45, 2.75) is 31.6 Å². The van der Waals surface area contributed by atoms with Gasteiger partial charge in [-0.25, -0.2) is 0 Å². The minimum atomic E-state index is -0.153. The first-order chi connectivity index (χ1) is 10.2. The highest BCUT2D eigenvalue weighted by atomic mass is 16.5. The summed E-state index contributed by atoms with van der Waals surface area (Å²) in [6, 6.07) is 1.78. The number of ether oxygens (including phenoxy) is 1. The van der Waals surface area contributed by atoms with Crippen LogP contribution in [-0.2, 0) is 4.74 Å². The fraction of sp³-hybridized carbons (Fsp3) is 0.733. The Morgan fingerprint density at radius 3 is 2.95 bits per heavy atom. The summed E-state index contributed by atoms with van der Waals surface area (Å²) in [6.07, 6.45) is 4.29. The van der Waals surface area contributed by atoms with Crippen molar-refractivity contribution in [1.82, 2.24) is 15.8 Å². The van der Waals surface area contributed by atoms with E-state index in [0.29, 0.717) is 24.8 Å². The SMILES string of the molecule is COCC1(CNC(=O)c2cc(C3CC3)on2)CCNCC1. The number of carbonyl (C=O) groups is 1. The third-order valence-electron chi connectivity index (χ3n) is 4.48. The van der Waals surface area contributed by atoms with Gasteiger partial charge in [-0.15, -0.1) is 0 Å². The molecule has 2 heterocycles. The molecule has 1 saturated heterocycles. The molecule has 21 heavy (non-hydrogen) atoms. The Bertz CT molecular complexity index is 485. The van der Waals surface area contributed by atoms with Crippen LogP contribution in [0.3, 0.4) is 0 Å². The maximum atomic E-state index is 12.2. The summed E-state index contributed by atoms with van der Waals surface area (Å²) in [5.74, 6) is 1.16. The van der Waals surface area contributed by atoms with Crippen molar-refractivity contribution in [1.29, 1.82) is 0 Å². The molecule has 1 aromatic rings. The normalized spacial score (nSPS) is 21.2. The van der Waals surface area contributed by atoms with Crippen LogP contribution in [0, 0.1) is 5.41 Å². The second-order valence-electron chi connectivity index (χ2n) is 6.25. The van der Waals surface area contributed by atoms with Gasteiger partial charge in [0.2, 0.25) is 0 Å². The van der Waals surface area contributed by atoms with Crippen LogP contribution in [0.4, 0.5) is 0 Å². The van der Waals surface area contributed by atoms with Crippen molar-refractivity contribution >= 4 is 5.91 Å². The van der Waals surface area contributed by atoms with E-state index in [9.17, 15) is 4.79 Å². The van der Waals surface area contributed by atoms with Crippen molar-refractivity contribution in [3.8, 4) is 0 Å². The average molecular weight is 293 g/mol. The maximum absolute atomic E-state index is 12.2. The van der Waals surface area contributed by atoms with E-state index in [2.05, 4.69) is 15.8 Å². The lowest BCUT2D eigenvalue weighted by molar-refractivity contribution is 0.0510. The number of methoxy groups -OCH3 is 1. The highest BCUT2D eigenvalue weighted by molar-refractivity contribution is 5.92. The number of aromatic nitrogens is 1. The third kappa shape index (κ3) is 3.44. The Hall–Kier alpha value is -1.40. The Labute approximate surface area is 124 Å². The van der Waals surface area contributed by atoms with Crippen LogP contribution in [0.25, 0.3) is 0 Å². The van der Waals surface area contributed by atoms with E-state index in [4.69, 9.17) is 9.26 Å². The van der Waals surface area contributed by atoms with Crippen LogP contribution in [0.5, 0.6) is 0 Å². The van der Waals surface area contributed by atoms with E-state index in [1.165, 1.54) is 0 Å². The van der Waals surface area contributed by atoms with E-state index in [1.807, 2.05) is 0 Å². The van der Waals surface area contributed by atoms with E-state index in [1.54, 1.807) is 13.2 Å². The van der Waals surface area contributed by atoms with E-state index >= 15 is 0 Å². The van der Waals surface area contributed by atoms with Crippen molar-refractivity contribution in [2.75, 3.05) is 33.4 Å². The molecule has 3 rings (SSSR count). The second kappa shape index (κ2) is 6.15. The Kier molecular flexibility index (Phi) is 4.26. The zero-order valence-corrected chi connectivity index (χ0v) is 12.5. The van der Waals surface area contributed by atoms with E-state index in [-0.39, 0.29) is 11.3 Å². The number of nitrogens with zero attached hydrogens (tertiary/aromatic N) is 1. The molecular weight excluding hydrogens is 270 g/mol. The summed E-state index contributed by atoms with van der Waals surface area (Å²) in [6.45, 7) is 3.22. The molecule has 1 amide bonds. The van der Waals surface area contributed by atoms with Crippen molar-refractivity contribution in [3.63, 3.8) is 0 Å². The number of amides is 1. The van der Waals surface area contributed by atoms with Gasteiger partial charge < -0.3 is 19.9 Å². The quantitative estimate of drug-likeness (QED) is 0.826. The first-order valence-electron chi connectivity index (χ1n) is 7.67. The van der Waals surface area contributed by atoms with Crippen LogP contribution in [-0.4, -0.2) is 44.4 Å². The molecule has 6 heteroatoms. The topological polar surface area (TPSA) is 76.4 Å². The van der Waals surface area contributed by atoms with Gasteiger partial charge in [0.25, 0.3) is 5.91 Å². The fourth-order valence-corrected chi connectivity index (χ4v) is 2.95. The van der Waals surface area contributed by atoms with Gasteiger partial charge in [0.1, 0.15) is 5.76 Å². The minimum absolute atomic E-state index is 0.0265. The number of carbonyl (C=O) groups excluding carboxylic acids is 1. The first kappa shape index (κ1) is 14.5. The second-order valence-corrected chi connectivity index (χ2v) is 6.25. The monoisotopic (exact) mass is 293 g/mol. The molecule has 1 aliphatic heterocycles. The fourth-order valence-electron chi connectivity index (χ4n) is 2.95. The number of rotatable bonds is 6. The van der Waals surface area contributed by atoms with E-state index in [0.717, 1.165) is 44.5 Å². The molecule has 1 saturated carbocycles. The molecule has 2 fully saturated rings. The van der Waals surface area contributed by atoms with Crippen LogP contribution in [0.1, 0.15) is 47.8 Å². The van der Waals surface area contributed by atoms with Gasteiger partial charge >= 0.3 is 0 Å². The summed E-state index contributed by atoms with van der Waals surface area (Å²) in [5.41, 5.74) is 0.414. The molecule has 6 nitrogen and oxygen atoms in total. The summed E-state index contributed by atoms with van der Waals surface area (Å²) < 4.78 is 10.6. The van der Waals surface area contributed by atoms with Crippen LogP contribution in [0.2, 0.25) is 0 Å². The van der Waals surface area contributed by atoms with Gasteiger partial charge in [-0.3, -0.25) is 4.79 Å². The van der Waals surface area contributed by atoms with Crippen LogP contribution >= 0.6 is 0 Å². The summed E-state index contributed by atoms with van der Waals surface area (Å²) >= 11 is 0. The molecule has 0 bridgehead atoms. The molecule has 0 atom stereocenters. The molecule has 116 valence electrons. The van der Waals surface area contributed by atoms with E-state index < -0.39 is 0 Å². The summed E-state index contributed by atoms with van der Waals surface area (Å²) in [7, 11) is 1.71. The average Bonchev–Trinajstić information content (AvgIpc) is 3.24. The molecule has 0 radical (unpaired) electrons. The number of hydrogen-bond acceptors (Lipinski definition) is 5. The van der Waals surface area contributed by atoms with Crippen LogP contribution < -0.4 is 10.6 Å². The zero-order chi connectivity index (χ0) is 14.7. The molecule has 1 aliphatic carbocycles. The first-order valence-corrected chi connectivity index (χ1v) is 7.67. The lowest BCUT2D eigenvalue weighted by atomic mass is 9.79. The zero-order valence-electron chi connectivity index (χ0n) is 12.5. The van der Waals surface area contributed by atoms with Crippen molar-refractivity contribution in [3.05, 3.63) is 17.5 Å². The Balaban J connectivity index is 1.57. The maximum Gasteiger partial charge on any atom is 0.273 e. The van der Waals surface area contributed by atoms with Gasteiger partial charge in [-0.2, -0.15) is 0 Å². The Morgan fingerprint density at radius 2 is 2.29 bits per heavy atom. The highest BCUT2D eigenvalue weighted by Gasteiger charge is 2.33. The minimum Gasteiger partial charge on any atom is -0.384 e. The highest BCUT2D eigenvalue weighted by Crippen LogP contribution is 2.40. The predicted octanol–water partition coefficient (Wildman–Crippen LogP) is 1.30. The smallest absolute Gasteiger partial charge is 0.273 e. The molecule has 1 aromatic heterocycles. The molecule has 0 aromatic carbocycles. The Morgan fingerprint density at radius 1 is 1.52 bits per heavy atom. The van der Waals surface area contributed by atoms with Gasteiger partial charge in [0, 0.05) is 31.1 Å². The number of piperidine rings is 1. The summed E-state index contributed by atoms with van der Waals surface area (Å²) in [5, 5.41) is 10.2. The summed E-state index contributed by atoms with van der Waals surface area (Å²) in [4.78, 5) is 12.2. The van der Waals surface area contributed by atoms with Gasteiger partial charge in [-0.1, -0.05) is 5.16 Å². The lowest BCUT2D eigenvalue weighted by Crippen LogP contribution is -2.47. The molecule has 2 aliphatic rings. The van der Waals surface area contributed by atoms with Crippen molar-refractivity contribution < 1.29 is 14.1 Å². The number of nitrogens with one attached hydrogen (secondary N) is 2. The van der Waals surface area contributed by atoms with Gasteiger partial charge in [-0.05, 0) is 38.8 Å². The van der Waals surface area contributed by atoms with Crippen LogP contribution in [0.15, 0.2) is 10.6 Å². The molecular formula is C15H23N3O3. The van der Waals surface area contributed by atoms with Gasteiger partial charge in [0.05, 0.1) is 6.61 Å². The predicted molar refractivity (Wildman–Crippen MR) is 77.2 cm³/mol. The number of hydrogen-bond donors (Lipinski definition) is 2.